The van der Waals surface area contributed by atoms with Gasteiger partial charge in [0, 0.05) is 13.1 Å². The van der Waals surface area contributed by atoms with E-state index in [0.29, 0.717) is 32.7 Å². The molecule has 1 aliphatic heterocycles. The van der Waals surface area contributed by atoms with Crippen molar-refractivity contribution in [2.24, 2.45) is 0 Å². The molecule has 1 saturated heterocycles. The van der Waals surface area contributed by atoms with E-state index in [1.165, 1.54) is 22.3 Å². The first kappa shape index (κ1) is 15.2. The highest BCUT2D eigenvalue weighted by atomic mass is 16.5. The number of allylic oxidation sites excluding steroid dienone is 1. The van der Waals surface area contributed by atoms with E-state index in [0.717, 1.165) is 12.0 Å². The number of hydrogen-bond acceptors (Lipinski definition) is 2. The molecule has 1 aliphatic carbocycles. The Morgan fingerprint density at radius 3 is 2.79 bits per heavy atom. The van der Waals surface area contributed by atoms with E-state index >= 15 is 0 Å². The average molecular weight is 319 g/mol. The number of amides is 1. The van der Waals surface area contributed by atoms with Gasteiger partial charge in [0.2, 0.25) is 5.91 Å². The summed E-state index contributed by atoms with van der Waals surface area (Å²) in [6, 6.07) is 14.8. The molecule has 1 amide bonds. The normalized spacial score (nSPS) is 16.2. The first-order valence-corrected chi connectivity index (χ1v) is 8.54. The largest absolute Gasteiger partial charge is 0.378 e. The number of morpholine rings is 1. The van der Waals surface area contributed by atoms with Gasteiger partial charge in [-0.2, -0.15) is 0 Å². The third-order valence-electron chi connectivity index (χ3n) is 4.79. The maximum atomic E-state index is 12.5. The van der Waals surface area contributed by atoms with Crippen LogP contribution >= 0.6 is 0 Å². The number of benzene rings is 2. The summed E-state index contributed by atoms with van der Waals surface area (Å²) in [6.45, 7) is 2.70. The number of ether oxygens (including phenoxy) is 1. The molecule has 0 aromatic heterocycles. The highest BCUT2D eigenvalue weighted by Gasteiger charge is 2.17. The van der Waals surface area contributed by atoms with Gasteiger partial charge in [-0.05, 0) is 34.2 Å². The van der Waals surface area contributed by atoms with Gasteiger partial charge in [0.25, 0.3) is 0 Å². The third-order valence-corrected chi connectivity index (χ3v) is 4.79. The summed E-state index contributed by atoms with van der Waals surface area (Å²) in [5.41, 5.74) is 6.24. The van der Waals surface area contributed by atoms with Gasteiger partial charge in [0.1, 0.15) is 0 Å². The number of nitrogens with zero attached hydrogens (tertiary/aromatic N) is 1. The molecule has 0 unspecified atom stereocenters. The van der Waals surface area contributed by atoms with Crippen molar-refractivity contribution in [1.29, 1.82) is 0 Å². The summed E-state index contributed by atoms with van der Waals surface area (Å²) in [5, 5.41) is 0. The number of rotatable bonds is 3. The summed E-state index contributed by atoms with van der Waals surface area (Å²) >= 11 is 0. The van der Waals surface area contributed by atoms with Crippen molar-refractivity contribution < 1.29 is 9.53 Å². The smallest absolute Gasteiger partial charge is 0.227 e. The molecular weight excluding hydrogens is 298 g/mol. The topological polar surface area (TPSA) is 29.5 Å². The fraction of sp³-hybridized carbons (Fsp3) is 0.286. The summed E-state index contributed by atoms with van der Waals surface area (Å²) in [7, 11) is 0. The molecule has 0 N–H and O–H groups in total. The average Bonchev–Trinajstić information content (AvgIpc) is 3.11. The zero-order chi connectivity index (χ0) is 16.4. The second-order valence-electron chi connectivity index (χ2n) is 6.35. The molecule has 1 fully saturated rings. The molecule has 0 spiro atoms. The zero-order valence-electron chi connectivity index (χ0n) is 13.7. The molecule has 2 aliphatic rings. The first-order valence-electron chi connectivity index (χ1n) is 8.54. The van der Waals surface area contributed by atoms with Crippen molar-refractivity contribution in [3.05, 3.63) is 65.2 Å². The van der Waals surface area contributed by atoms with Crippen molar-refractivity contribution in [2.75, 3.05) is 26.3 Å². The number of fused-ring (bicyclic) bond motifs is 1. The van der Waals surface area contributed by atoms with Gasteiger partial charge in [-0.1, -0.05) is 54.6 Å². The third kappa shape index (κ3) is 3.00. The molecule has 0 atom stereocenters. The van der Waals surface area contributed by atoms with Crippen molar-refractivity contribution in [2.45, 2.75) is 12.8 Å². The Balaban J connectivity index is 1.56. The quantitative estimate of drug-likeness (QED) is 0.868. The molecule has 122 valence electrons. The fourth-order valence-electron chi connectivity index (χ4n) is 3.51. The van der Waals surface area contributed by atoms with Gasteiger partial charge >= 0.3 is 0 Å². The molecule has 4 rings (SSSR count). The number of carbonyl (C=O) groups excluding carboxylic acids is 1. The highest BCUT2D eigenvalue weighted by molar-refractivity contribution is 5.80. The lowest BCUT2D eigenvalue weighted by Gasteiger charge is -2.27. The Morgan fingerprint density at radius 1 is 1.08 bits per heavy atom. The van der Waals surface area contributed by atoms with Gasteiger partial charge in [-0.3, -0.25) is 4.79 Å². The van der Waals surface area contributed by atoms with Gasteiger partial charge in [-0.25, -0.2) is 0 Å². The predicted octanol–water partition coefficient (Wildman–Crippen LogP) is 3.32. The van der Waals surface area contributed by atoms with Crippen LogP contribution in [0.5, 0.6) is 0 Å². The van der Waals surface area contributed by atoms with Crippen molar-refractivity contribution in [1.82, 2.24) is 4.90 Å². The lowest BCUT2D eigenvalue weighted by atomic mass is 9.95. The first-order chi connectivity index (χ1) is 11.8. The van der Waals surface area contributed by atoms with Gasteiger partial charge in [0.05, 0.1) is 19.6 Å². The lowest BCUT2D eigenvalue weighted by molar-refractivity contribution is -0.134. The van der Waals surface area contributed by atoms with Crippen molar-refractivity contribution >= 4 is 12.0 Å². The minimum atomic E-state index is 0.190. The van der Waals surface area contributed by atoms with Crippen molar-refractivity contribution in [3.63, 3.8) is 0 Å². The standard InChI is InChI=1S/C21H21NO2/c23-21(22-10-12-24-13-11-22)15-16-4-1-7-18(14-16)20-9-3-6-17-5-2-8-19(17)20/h1-7,9,14H,8,10-13,15H2. The maximum absolute atomic E-state index is 12.5. The highest BCUT2D eigenvalue weighted by Crippen LogP contribution is 2.31. The molecule has 2 aromatic carbocycles. The summed E-state index contributed by atoms with van der Waals surface area (Å²) < 4.78 is 5.32. The zero-order valence-corrected chi connectivity index (χ0v) is 13.7. The van der Waals surface area contributed by atoms with Crippen LogP contribution in [0.1, 0.15) is 16.7 Å². The second-order valence-corrected chi connectivity index (χ2v) is 6.35. The number of carbonyl (C=O) groups is 1. The van der Waals surface area contributed by atoms with Crippen LogP contribution in [-0.2, 0) is 22.4 Å². The van der Waals surface area contributed by atoms with Crippen LogP contribution in [0.2, 0.25) is 0 Å². The maximum Gasteiger partial charge on any atom is 0.227 e. The van der Waals surface area contributed by atoms with Crippen LogP contribution < -0.4 is 0 Å². The second kappa shape index (κ2) is 6.62. The van der Waals surface area contributed by atoms with Gasteiger partial charge in [-0.15, -0.1) is 0 Å². The van der Waals surface area contributed by atoms with E-state index in [-0.39, 0.29) is 5.91 Å². The van der Waals surface area contributed by atoms with Crippen LogP contribution in [0, 0.1) is 0 Å². The monoisotopic (exact) mass is 319 g/mol. The van der Waals surface area contributed by atoms with E-state index in [1.807, 2.05) is 11.0 Å². The summed E-state index contributed by atoms with van der Waals surface area (Å²) in [6.07, 6.45) is 5.84. The van der Waals surface area contributed by atoms with Crippen LogP contribution in [0.3, 0.4) is 0 Å². The molecule has 2 aromatic rings. The minimum absolute atomic E-state index is 0.190. The van der Waals surface area contributed by atoms with Crippen LogP contribution in [0.15, 0.2) is 48.5 Å². The molecule has 24 heavy (non-hydrogen) atoms. The predicted molar refractivity (Wildman–Crippen MR) is 95.7 cm³/mol. The molecule has 0 bridgehead atoms. The van der Waals surface area contributed by atoms with Gasteiger partial charge in [0.15, 0.2) is 0 Å². The Bertz CT molecular complexity index is 788. The Labute approximate surface area is 142 Å². The van der Waals surface area contributed by atoms with Crippen LogP contribution in [0.4, 0.5) is 0 Å². The molecule has 0 radical (unpaired) electrons. The Morgan fingerprint density at radius 2 is 1.92 bits per heavy atom. The number of hydrogen-bond donors (Lipinski definition) is 0. The molecule has 3 nitrogen and oxygen atoms in total. The van der Waals surface area contributed by atoms with Crippen molar-refractivity contribution in [3.8, 4) is 11.1 Å². The van der Waals surface area contributed by atoms with E-state index < -0.39 is 0 Å². The summed E-state index contributed by atoms with van der Waals surface area (Å²) in [4.78, 5) is 14.4. The molecule has 3 heteroatoms. The SMILES string of the molecule is O=C(Cc1cccc(-c2cccc3c2CC=C3)c1)N1CCOCC1. The Kier molecular flexibility index (Phi) is 4.18. The van der Waals surface area contributed by atoms with E-state index in [9.17, 15) is 4.79 Å². The fourth-order valence-corrected chi connectivity index (χ4v) is 3.51. The van der Waals surface area contributed by atoms with Crippen LogP contribution in [0.25, 0.3) is 17.2 Å². The lowest BCUT2D eigenvalue weighted by Crippen LogP contribution is -2.41. The van der Waals surface area contributed by atoms with E-state index in [1.54, 1.807) is 0 Å². The van der Waals surface area contributed by atoms with Gasteiger partial charge < -0.3 is 9.64 Å². The van der Waals surface area contributed by atoms with Crippen LogP contribution in [-0.4, -0.2) is 37.1 Å². The summed E-state index contributed by atoms with van der Waals surface area (Å²) in [5.74, 6) is 0.190. The van der Waals surface area contributed by atoms with E-state index in [2.05, 4.69) is 48.6 Å². The minimum Gasteiger partial charge on any atom is -0.378 e. The Hall–Kier alpha value is -2.39. The molecule has 0 saturated carbocycles. The molecule has 1 heterocycles. The van der Waals surface area contributed by atoms with E-state index in [4.69, 9.17) is 4.74 Å². The molecular formula is C21H21NO2.